The molecule has 1 heterocycles. The average Bonchev–Trinajstić information content (AvgIpc) is 2.33. The predicted molar refractivity (Wildman–Crippen MR) is 63.5 cm³/mol. The Morgan fingerprint density at radius 2 is 2.17 bits per heavy atom. The fraction of sp³-hybridized carbons (Fsp3) is 0.462. The van der Waals surface area contributed by atoms with E-state index >= 15 is 0 Å². The standard InChI is InChI=1S/C13H16O5/c1-13(6-17-7-13)8-18-10-5-3-2-4-9(10)11(14)12(15)16/h2-5,11,14H,6-8H2,1H3,(H,15,16). The van der Waals surface area contributed by atoms with Crippen molar-refractivity contribution in [3.8, 4) is 5.75 Å². The Kier molecular flexibility index (Phi) is 3.54. The fourth-order valence-electron chi connectivity index (χ4n) is 1.76. The van der Waals surface area contributed by atoms with Crippen LogP contribution in [-0.4, -0.2) is 36.0 Å². The number of aliphatic hydroxyl groups excluding tert-OH is 1. The maximum atomic E-state index is 10.8. The lowest BCUT2D eigenvalue weighted by Crippen LogP contribution is -2.44. The molecule has 0 aromatic heterocycles. The first-order valence-electron chi connectivity index (χ1n) is 5.72. The molecule has 18 heavy (non-hydrogen) atoms. The molecule has 1 aromatic carbocycles. The third-order valence-electron chi connectivity index (χ3n) is 2.92. The van der Waals surface area contributed by atoms with E-state index < -0.39 is 12.1 Å². The molecule has 0 amide bonds. The number of aliphatic carboxylic acids is 1. The molecular formula is C13H16O5. The van der Waals surface area contributed by atoms with Crippen molar-refractivity contribution in [2.75, 3.05) is 19.8 Å². The lowest BCUT2D eigenvalue weighted by molar-refractivity contribution is -0.147. The maximum Gasteiger partial charge on any atom is 0.337 e. The quantitative estimate of drug-likeness (QED) is 0.824. The minimum atomic E-state index is -1.56. The number of para-hydroxylation sites is 1. The van der Waals surface area contributed by atoms with E-state index in [1.807, 2.05) is 6.92 Å². The lowest BCUT2D eigenvalue weighted by Gasteiger charge is -2.37. The molecule has 1 aromatic rings. The molecule has 2 rings (SSSR count). The number of carboxylic acid groups (broad SMARTS) is 1. The van der Waals surface area contributed by atoms with Crippen molar-refractivity contribution in [2.45, 2.75) is 13.0 Å². The van der Waals surface area contributed by atoms with Gasteiger partial charge in [-0.15, -0.1) is 0 Å². The first-order chi connectivity index (χ1) is 8.52. The second kappa shape index (κ2) is 4.96. The van der Waals surface area contributed by atoms with E-state index in [2.05, 4.69) is 0 Å². The van der Waals surface area contributed by atoms with Crippen molar-refractivity contribution in [3.05, 3.63) is 29.8 Å². The summed E-state index contributed by atoms with van der Waals surface area (Å²) in [7, 11) is 0. The largest absolute Gasteiger partial charge is 0.492 e. The van der Waals surface area contributed by atoms with E-state index in [0.717, 1.165) is 0 Å². The topological polar surface area (TPSA) is 76.0 Å². The molecule has 5 heteroatoms. The molecule has 1 unspecified atom stereocenters. The van der Waals surface area contributed by atoms with Gasteiger partial charge in [-0.05, 0) is 6.07 Å². The number of benzene rings is 1. The van der Waals surface area contributed by atoms with Gasteiger partial charge in [0.25, 0.3) is 0 Å². The van der Waals surface area contributed by atoms with Crippen LogP contribution in [0.15, 0.2) is 24.3 Å². The summed E-state index contributed by atoms with van der Waals surface area (Å²) < 4.78 is 10.7. The second-order valence-corrected chi connectivity index (χ2v) is 4.87. The van der Waals surface area contributed by atoms with Crippen LogP contribution in [0.5, 0.6) is 5.75 Å². The normalized spacial score (nSPS) is 18.8. The van der Waals surface area contributed by atoms with Crippen LogP contribution >= 0.6 is 0 Å². The van der Waals surface area contributed by atoms with E-state index in [1.54, 1.807) is 24.3 Å². The monoisotopic (exact) mass is 252 g/mol. The van der Waals surface area contributed by atoms with Crippen LogP contribution in [0.1, 0.15) is 18.6 Å². The Hall–Kier alpha value is -1.59. The van der Waals surface area contributed by atoms with Gasteiger partial charge in [-0.1, -0.05) is 25.1 Å². The molecule has 0 spiro atoms. The number of aliphatic hydroxyl groups is 1. The molecule has 5 nitrogen and oxygen atoms in total. The zero-order valence-electron chi connectivity index (χ0n) is 10.1. The van der Waals surface area contributed by atoms with Gasteiger partial charge in [-0.25, -0.2) is 4.79 Å². The molecule has 98 valence electrons. The first kappa shape index (κ1) is 12.9. The van der Waals surface area contributed by atoms with Gasteiger partial charge >= 0.3 is 5.97 Å². The van der Waals surface area contributed by atoms with Crippen LogP contribution < -0.4 is 4.74 Å². The van der Waals surface area contributed by atoms with Crippen LogP contribution in [0.2, 0.25) is 0 Å². The number of hydrogen-bond donors (Lipinski definition) is 2. The summed E-state index contributed by atoms with van der Waals surface area (Å²) in [6, 6.07) is 6.62. The van der Waals surface area contributed by atoms with E-state index in [9.17, 15) is 9.90 Å². The highest BCUT2D eigenvalue weighted by Gasteiger charge is 2.34. The van der Waals surface area contributed by atoms with Crippen molar-refractivity contribution in [1.29, 1.82) is 0 Å². The summed E-state index contributed by atoms with van der Waals surface area (Å²) in [5.41, 5.74) is 0.246. The SMILES string of the molecule is CC1(COc2ccccc2C(O)C(=O)O)COC1. The van der Waals surface area contributed by atoms with Crippen LogP contribution in [-0.2, 0) is 9.53 Å². The molecular weight excluding hydrogens is 236 g/mol. The van der Waals surface area contributed by atoms with Gasteiger partial charge in [0, 0.05) is 11.0 Å². The number of carboxylic acids is 1. The second-order valence-electron chi connectivity index (χ2n) is 4.87. The molecule has 0 aliphatic carbocycles. The highest BCUT2D eigenvalue weighted by molar-refractivity contribution is 5.75. The molecule has 2 N–H and O–H groups in total. The molecule has 1 aliphatic heterocycles. The molecule has 1 saturated heterocycles. The third kappa shape index (κ3) is 2.63. The number of ether oxygens (including phenoxy) is 2. The van der Waals surface area contributed by atoms with Crippen molar-refractivity contribution in [3.63, 3.8) is 0 Å². The minimum Gasteiger partial charge on any atom is -0.492 e. The Bertz CT molecular complexity index is 439. The van der Waals surface area contributed by atoms with Crippen LogP contribution in [0, 0.1) is 5.41 Å². The minimum absolute atomic E-state index is 0.0265. The van der Waals surface area contributed by atoms with Crippen molar-refractivity contribution >= 4 is 5.97 Å². The Morgan fingerprint density at radius 3 is 2.72 bits per heavy atom. The van der Waals surface area contributed by atoms with Crippen molar-refractivity contribution in [1.82, 2.24) is 0 Å². The summed E-state index contributed by atoms with van der Waals surface area (Å²) in [4.78, 5) is 10.8. The lowest BCUT2D eigenvalue weighted by atomic mass is 9.90. The van der Waals surface area contributed by atoms with Gasteiger partial charge in [-0.3, -0.25) is 0 Å². The zero-order chi connectivity index (χ0) is 13.2. The summed E-state index contributed by atoms with van der Waals surface area (Å²) in [6.07, 6.45) is -1.56. The van der Waals surface area contributed by atoms with E-state index in [4.69, 9.17) is 14.6 Å². The Morgan fingerprint density at radius 1 is 1.50 bits per heavy atom. The summed E-state index contributed by atoms with van der Waals surface area (Å²) in [5.74, 6) is -0.884. The smallest absolute Gasteiger partial charge is 0.337 e. The molecule has 1 atom stereocenters. The zero-order valence-corrected chi connectivity index (χ0v) is 10.1. The van der Waals surface area contributed by atoms with Gasteiger partial charge in [0.05, 0.1) is 19.8 Å². The van der Waals surface area contributed by atoms with Gasteiger partial charge in [0.2, 0.25) is 0 Å². The molecule has 1 fully saturated rings. The summed E-state index contributed by atoms with van der Waals surface area (Å²) >= 11 is 0. The summed E-state index contributed by atoms with van der Waals surface area (Å²) in [6.45, 7) is 3.75. The highest BCUT2D eigenvalue weighted by atomic mass is 16.5. The highest BCUT2D eigenvalue weighted by Crippen LogP contribution is 2.30. The number of rotatable bonds is 5. The molecule has 0 bridgehead atoms. The van der Waals surface area contributed by atoms with E-state index in [-0.39, 0.29) is 11.0 Å². The third-order valence-corrected chi connectivity index (χ3v) is 2.92. The molecule has 0 saturated carbocycles. The number of carbonyl (C=O) groups is 1. The number of hydrogen-bond acceptors (Lipinski definition) is 4. The molecule has 0 radical (unpaired) electrons. The Labute approximate surface area is 105 Å². The predicted octanol–water partition coefficient (Wildman–Crippen LogP) is 1.22. The van der Waals surface area contributed by atoms with Gasteiger partial charge in [-0.2, -0.15) is 0 Å². The van der Waals surface area contributed by atoms with Gasteiger partial charge < -0.3 is 19.7 Å². The first-order valence-corrected chi connectivity index (χ1v) is 5.72. The van der Waals surface area contributed by atoms with Crippen LogP contribution in [0.25, 0.3) is 0 Å². The van der Waals surface area contributed by atoms with E-state index in [0.29, 0.717) is 25.6 Å². The maximum absolute atomic E-state index is 10.8. The van der Waals surface area contributed by atoms with Gasteiger partial charge in [0.15, 0.2) is 6.10 Å². The van der Waals surface area contributed by atoms with Crippen LogP contribution in [0.4, 0.5) is 0 Å². The Balaban J connectivity index is 2.09. The fourth-order valence-corrected chi connectivity index (χ4v) is 1.76. The van der Waals surface area contributed by atoms with Gasteiger partial charge in [0.1, 0.15) is 5.75 Å². The van der Waals surface area contributed by atoms with Crippen LogP contribution in [0.3, 0.4) is 0 Å². The van der Waals surface area contributed by atoms with Crippen molar-refractivity contribution < 1.29 is 24.5 Å². The van der Waals surface area contributed by atoms with E-state index in [1.165, 1.54) is 0 Å². The summed E-state index contributed by atoms with van der Waals surface area (Å²) in [5, 5.41) is 18.4. The molecule has 1 aliphatic rings. The average molecular weight is 252 g/mol. The van der Waals surface area contributed by atoms with Crippen molar-refractivity contribution in [2.24, 2.45) is 5.41 Å².